The lowest BCUT2D eigenvalue weighted by Crippen LogP contribution is -2.73. The van der Waals surface area contributed by atoms with Gasteiger partial charge in [0.1, 0.15) is 10.8 Å². The highest BCUT2D eigenvalue weighted by Gasteiger charge is 2.54. The Morgan fingerprint density at radius 2 is 1.97 bits per heavy atom. The minimum absolute atomic E-state index is 0.00466. The predicted molar refractivity (Wildman–Crippen MR) is 145 cm³/mol. The quantitative estimate of drug-likeness (QED) is 0.478. The summed E-state index contributed by atoms with van der Waals surface area (Å²) >= 11 is 12.4. The molecule has 0 bridgehead atoms. The zero-order valence-corrected chi connectivity index (χ0v) is 23.5. The molecule has 1 spiro atoms. The van der Waals surface area contributed by atoms with Gasteiger partial charge in [-0.1, -0.05) is 29.3 Å². The summed E-state index contributed by atoms with van der Waals surface area (Å²) in [6, 6.07) is 4.68. The van der Waals surface area contributed by atoms with Crippen molar-refractivity contribution in [2.75, 3.05) is 37.7 Å². The van der Waals surface area contributed by atoms with Crippen LogP contribution in [0.15, 0.2) is 24.5 Å². The van der Waals surface area contributed by atoms with Gasteiger partial charge in [0.05, 0.1) is 29.9 Å². The van der Waals surface area contributed by atoms with Gasteiger partial charge in [-0.15, -0.1) is 0 Å². The normalized spacial score (nSPS) is 28.0. The van der Waals surface area contributed by atoms with Crippen molar-refractivity contribution < 1.29 is 18.7 Å². The van der Waals surface area contributed by atoms with Crippen molar-refractivity contribution in [1.29, 1.82) is 0 Å². The van der Waals surface area contributed by atoms with Crippen LogP contribution in [0.5, 0.6) is 0 Å². The van der Waals surface area contributed by atoms with Crippen LogP contribution >= 0.6 is 23.2 Å². The van der Waals surface area contributed by atoms with E-state index in [0.717, 1.165) is 56.8 Å². The van der Waals surface area contributed by atoms with E-state index in [0.29, 0.717) is 29.2 Å². The van der Waals surface area contributed by atoms with Crippen molar-refractivity contribution in [1.82, 2.24) is 25.7 Å². The highest BCUT2D eigenvalue weighted by atomic mass is 35.5. The summed E-state index contributed by atoms with van der Waals surface area (Å²) in [5, 5.41) is 0.219. The van der Waals surface area contributed by atoms with E-state index in [1.54, 1.807) is 4.90 Å². The molecule has 12 heteroatoms. The standard InChI is InChI=1S/C27H33Cl2FN6O3/c1-3-38-26(37)36-13-27(14-36)11-35(12-27)21-7-4-16(9-31-21)24-18-8-17(5-6-20(18)33-34-24)39-15(2)22-19(28)10-32-25(30)23(22)29/h4,7,9-10,15,17-18,20,24,33-34H,3,5-6,8,11-14H2,1-2H3/t15-,17?,18?,20?,24?/m1/s1. The Balaban J connectivity index is 1.05. The summed E-state index contributed by atoms with van der Waals surface area (Å²) < 4.78 is 25.4. The number of pyridine rings is 2. The van der Waals surface area contributed by atoms with Gasteiger partial charge in [-0.3, -0.25) is 5.43 Å². The molecule has 5 atom stereocenters. The third kappa shape index (κ3) is 5.06. The van der Waals surface area contributed by atoms with Crippen molar-refractivity contribution in [3.8, 4) is 0 Å². The van der Waals surface area contributed by atoms with Gasteiger partial charge < -0.3 is 19.3 Å². The van der Waals surface area contributed by atoms with Gasteiger partial charge in [0.15, 0.2) is 0 Å². The number of hydrogen-bond acceptors (Lipinski definition) is 8. The molecule has 4 fully saturated rings. The topological polar surface area (TPSA) is 91.9 Å². The van der Waals surface area contributed by atoms with E-state index in [1.807, 2.05) is 20.0 Å². The van der Waals surface area contributed by atoms with Crippen molar-refractivity contribution in [2.24, 2.45) is 11.3 Å². The first kappa shape index (κ1) is 27.0. The second-order valence-electron chi connectivity index (χ2n) is 11.2. The van der Waals surface area contributed by atoms with Gasteiger partial charge in [0, 0.05) is 55.6 Å². The lowest BCUT2D eigenvalue weighted by atomic mass is 9.73. The third-order valence-electron chi connectivity index (χ3n) is 8.56. The number of carbonyl (C=O) groups is 1. The lowest BCUT2D eigenvalue weighted by Gasteiger charge is -2.59. The summed E-state index contributed by atoms with van der Waals surface area (Å²) in [7, 11) is 0. The van der Waals surface area contributed by atoms with Crippen LogP contribution in [0.3, 0.4) is 0 Å². The highest BCUT2D eigenvalue weighted by molar-refractivity contribution is 6.35. The van der Waals surface area contributed by atoms with Crippen LogP contribution in [0, 0.1) is 17.3 Å². The summed E-state index contributed by atoms with van der Waals surface area (Å²) in [4.78, 5) is 24.3. The van der Waals surface area contributed by atoms with Crippen molar-refractivity contribution >= 4 is 35.1 Å². The van der Waals surface area contributed by atoms with Crippen LogP contribution in [0.25, 0.3) is 0 Å². The van der Waals surface area contributed by atoms with Gasteiger partial charge in [-0.05, 0) is 50.7 Å². The molecule has 1 amide bonds. The molecule has 39 heavy (non-hydrogen) atoms. The molecule has 5 heterocycles. The molecule has 0 radical (unpaired) electrons. The smallest absolute Gasteiger partial charge is 0.409 e. The molecular formula is C27H33Cl2FN6O3. The van der Waals surface area contributed by atoms with Crippen LogP contribution in [-0.4, -0.2) is 65.9 Å². The molecule has 2 aromatic rings. The second-order valence-corrected chi connectivity index (χ2v) is 12.0. The van der Waals surface area contributed by atoms with Crippen LogP contribution in [-0.2, 0) is 9.47 Å². The molecule has 9 nitrogen and oxygen atoms in total. The van der Waals surface area contributed by atoms with E-state index in [-0.39, 0.29) is 28.7 Å². The van der Waals surface area contributed by atoms with Gasteiger partial charge in [0.2, 0.25) is 5.95 Å². The average molecular weight is 580 g/mol. The van der Waals surface area contributed by atoms with E-state index >= 15 is 0 Å². The fourth-order valence-electron chi connectivity index (χ4n) is 6.66. The number of nitrogens with zero attached hydrogens (tertiary/aromatic N) is 4. The maximum atomic E-state index is 13.9. The molecule has 1 saturated carbocycles. The van der Waals surface area contributed by atoms with E-state index in [9.17, 15) is 9.18 Å². The number of halogens is 3. The Labute approximate surface area is 237 Å². The number of rotatable bonds is 6. The van der Waals surface area contributed by atoms with Crippen LogP contribution in [0.2, 0.25) is 10.0 Å². The Morgan fingerprint density at radius 3 is 2.69 bits per heavy atom. The fraction of sp³-hybridized carbons (Fsp3) is 0.593. The monoisotopic (exact) mass is 578 g/mol. The van der Waals surface area contributed by atoms with Crippen LogP contribution in [0.1, 0.15) is 56.4 Å². The molecule has 4 aliphatic rings. The minimum Gasteiger partial charge on any atom is -0.450 e. The first-order valence-electron chi connectivity index (χ1n) is 13.6. The number of likely N-dealkylation sites (tertiary alicyclic amines) is 1. The van der Waals surface area contributed by atoms with Crippen molar-refractivity contribution in [3.63, 3.8) is 0 Å². The average Bonchev–Trinajstić information content (AvgIpc) is 3.29. The first-order chi connectivity index (χ1) is 18.8. The molecule has 2 aromatic heterocycles. The largest absolute Gasteiger partial charge is 0.450 e. The number of fused-ring (bicyclic) bond motifs is 1. The summed E-state index contributed by atoms with van der Waals surface area (Å²) in [6.45, 7) is 7.37. The minimum atomic E-state index is -0.741. The van der Waals surface area contributed by atoms with E-state index in [1.165, 1.54) is 6.20 Å². The highest BCUT2D eigenvalue weighted by Crippen LogP contribution is 2.43. The van der Waals surface area contributed by atoms with Gasteiger partial charge in [0.25, 0.3) is 0 Å². The van der Waals surface area contributed by atoms with E-state index in [4.69, 9.17) is 37.7 Å². The number of carbonyl (C=O) groups excluding carboxylic acids is 1. The maximum absolute atomic E-state index is 13.9. The number of amides is 1. The number of ether oxygens (including phenoxy) is 2. The Kier molecular flexibility index (Phi) is 7.35. The molecule has 210 valence electrons. The molecule has 1 aliphatic carbocycles. The summed E-state index contributed by atoms with van der Waals surface area (Å²) in [6.07, 6.45) is 5.25. The fourth-order valence-corrected chi connectivity index (χ4v) is 7.31. The zero-order valence-electron chi connectivity index (χ0n) is 22.0. The van der Waals surface area contributed by atoms with E-state index < -0.39 is 12.1 Å². The number of hydrazine groups is 1. The number of nitrogens with one attached hydrogen (secondary N) is 2. The molecule has 6 rings (SSSR count). The molecule has 3 aliphatic heterocycles. The molecule has 3 saturated heterocycles. The molecule has 0 aromatic carbocycles. The Bertz CT molecular complexity index is 1220. The summed E-state index contributed by atoms with van der Waals surface area (Å²) in [5.74, 6) is 0.536. The molecule has 4 unspecified atom stereocenters. The first-order valence-corrected chi connectivity index (χ1v) is 14.3. The van der Waals surface area contributed by atoms with Gasteiger partial charge in [-0.2, -0.15) is 4.39 Å². The third-order valence-corrected chi connectivity index (χ3v) is 9.22. The lowest BCUT2D eigenvalue weighted by molar-refractivity contribution is -0.0371. The number of aromatic nitrogens is 2. The maximum Gasteiger partial charge on any atom is 0.409 e. The van der Waals surface area contributed by atoms with Gasteiger partial charge in [-0.25, -0.2) is 20.2 Å². The SMILES string of the molecule is CCOC(=O)N1CC2(C1)CN(c1ccc(C3NNC4CCC(O[C@H](C)c5c(Cl)cnc(F)c5Cl)CC43)cn1)C2. The van der Waals surface area contributed by atoms with Crippen LogP contribution < -0.4 is 15.8 Å². The Morgan fingerprint density at radius 1 is 1.18 bits per heavy atom. The van der Waals surface area contributed by atoms with Crippen molar-refractivity contribution in [2.45, 2.75) is 57.4 Å². The summed E-state index contributed by atoms with van der Waals surface area (Å²) in [5.41, 5.74) is 8.67. The molecular weight excluding hydrogens is 546 g/mol. The van der Waals surface area contributed by atoms with E-state index in [2.05, 4.69) is 32.9 Å². The van der Waals surface area contributed by atoms with Crippen molar-refractivity contribution in [3.05, 3.63) is 51.6 Å². The predicted octanol–water partition coefficient (Wildman–Crippen LogP) is 4.67. The zero-order chi connectivity index (χ0) is 27.3. The number of anilines is 1. The number of hydrogen-bond donors (Lipinski definition) is 2. The van der Waals surface area contributed by atoms with Crippen LogP contribution in [0.4, 0.5) is 15.0 Å². The second kappa shape index (κ2) is 10.6. The van der Waals surface area contributed by atoms with Gasteiger partial charge >= 0.3 is 6.09 Å². The molecule has 2 N–H and O–H groups in total. The Hall–Kier alpha value is -2.24.